The molecule has 18 heavy (non-hydrogen) atoms. The quantitative estimate of drug-likeness (QED) is 0.833. The minimum absolute atomic E-state index is 0.105. The van der Waals surface area contributed by atoms with Gasteiger partial charge in [-0.2, -0.15) is 0 Å². The second kappa shape index (κ2) is 5.30. The molecule has 1 N–H and O–H groups in total. The molecule has 0 bridgehead atoms. The molecule has 2 nitrogen and oxygen atoms in total. The highest BCUT2D eigenvalue weighted by molar-refractivity contribution is 9.09. The van der Waals surface area contributed by atoms with Crippen LogP contribution in [-0.2, 0) is 0 Å². The van der Waals surface area contributed by atoms with Crippen molar-refractivity contribution in [3.05, 3.63) is 35.1 Å². The molecule has 1 aliphatic carbocycles. The van der Waals surface area contributed by atoms with E-state index in [1.807, 2.05) is 0 Å². The fourth-order valence-corrected chi connectivity index (χ4v) is 2.80. The highest BCUT2D eigenvalue weighted by atomic mass is 79.9. The van der Waals surface area contributed by atoms with Crippen LogP contribution in [0.1, 0.15) is 29.6 Å². The van der Waals surface area contributed by atoms with E-state index in [4.69, 9.17) is 0 Å². The Bertz CT molecular complexity index is 457. The average molecular weight is 322 g/mol. The summed E-state index contributed by atoms with van der Waals surface area (Å²) in [6.07, 6.45) is 2.60. The zero-order chi connectivity index (χ0) is 13.3. The van der Waals surface area contributed by atoms with Gasteiger partial charge < -0.3 is 5.32 Å². The van der Waals surface area contributed by atoms with Crippen LogP contribution in [0.3, 0.4) is 0 Å². The number of amides is 1. The van der Waals surface area contributed by atoms with Crippen LogP contribution in [0.2, 0.25) is 0 Å². The van der Waals surface area contributed by atoms with Crippen LogP contribution in [0.4, 0.5) is 13.2 Å². The first-order valence-electron chi connectivity index (χ1n) is 5.58. The second-order valence-corrected chi connectivity index (χ2v) is 5.45. The van der Waals surface area contributed by atoms with Crippen molar-refractivity contribution in [3.8, 4) is 0 Å². The Labute approximate surface area is 111 Å². The third-order valence-electron chi connectivity index (χ3n) is 2.98. The summed E-state index contributed by atoms with van der Waals surface area (Å²) in [7, 11) is 0. The standard InChI is InChI=1S/C12H11BrF3NO/c13-7-2-1-3-10(7)17-12(18)11-8(15)4-6(14)5-9(11)16/h4-5,7,10H,1-3H2,(H,17,18). The van der Waals surface area contributed by atoms with E-state index < -0.39 is 28.9 Å². The van der Waals surface area contributed by atoms with Gasteiger partial charge in [0.1, 0.15) is 23.0 Å². The molecule has 0 aromatic heterocycles. The molecule has 0 saturated heterocycles. The number of rotatable bonds is 2. The first-order chi connectivity index (χ1) is 8.49. The Morgan fingerprint density at radius 2 is 1.83 bits per heavy atom. The van der Waals surface area contributed by atoms with Crippen LogP contribution in [0.15, 0.2) is 12.1 Å². The van der Waals surface area contributed by atoms with Gasteiger partial charge in [0.05, 0.1) is 0 Å². The largest absolute Gasteiger partial charge is 0.348 e. The number of alkyl halides is 1. The molecular formula is C12H11BrF3NO. The highest BCUT2D eigenvalue weighted by Gasteiger charge is 2.28. The monoisotopic (exact) mass is 321 g/mol. The third kappa shape index (κ3) is 2.68. The molecular weight excluding hydrogens is 311 g/mol. The SMILES string of the molecule is O=C(NC1CCCC1Br)c1c(F)cc(F)cc1F. The van der Waals surface area contributed by atoms with Gasteiger partial charge in [-0.1, -0.05) is 22.4 Å². The fourth-order valence-electron chi connectivity index (χ4n) is 2.08. The molecule has 1 aromatic carbocycles. The second-order valence-electron chi connectivity index (χ2n) is 4.27. The molecule has 1 aromatic rings. The summed E-state index contributed by atoms with van der Waals surface area (Å²) >= 11 is 3.39. The van der Waals surface area contributed by atoms with Gasteiger partial charge >= 0.3 is 0 Å². The van der Waals surface area contributed by atoms with Gasteiger partial charge in [0.25, 0.3) is 5.91 Å². The van der Waals surface area contributed by atoms with Gasteiger partial charge in [0, 0.05) is 23.0 Å². The van der Waals surface area contributed by atoms with Crippen LogP contribution in [0.25, 0.3) is 0 Å². The maximum atomic E-state index is 13.4. The van der Waals surface area contributed by atoms with Crippen molar-refractivity contribution >= 4 is 21.8 Å². The Morgan fingerprint density at radius 1 is 1.22 bits per heavy atom. The van der Waals surface area contributed by atoms with Crippen molar-refractivity contribution in [2.75, 3.05) is 0 Å². The summed E-state index contributed by atoms with van der Waals surface area (Å²) in [6.45, 7) is 0. The van der Waals surface area contributed by atoms with Crippen LogP contribution < -0.4 is 5.32 Å². The van der Waals surface area contributed by atoms with E-state index in [2.05, 4.69) is 21.2 Å². The summed E-state index contributed by atoms with van der Waals surface area (Å²) in [4.78, 5) is 11.9. The Balaban J connectivity index is 2.19. The topological polar surface area (TPSA) is 29.1 Å². The fraction of sp³-hybridized carbons (Fsp3) is 0.417. The first-order valence-corrected chi connectivity index (χ1v) is 6.50. The summed E-state index contributed by atoms with van der Waals surface area (Å²) in [6, 6.07) is 0.845. The van der Waals surface area contributed by atoms with Crippen LogP contribution in [0.5, 0.6) is 0 Å². The molecule has 98 valence electrons. The van der Waals surface area contributed by atoms with Crippen molar-refractivity contribution in [1.82, 2.24) is 5.32 Å². The predicted molar refractivity (Wildman–Crippen MR) is 64.1 cm³/mol. The molecule has 1 amide bonds. The molecule has 2 atom stereocenters. The van der Waals surface area contributed by atoms with Gasteiger partial charge in [0.15, 0.2) is 0 Å². The van der Waals surface area contributed by atoms with Crippen LogP contribution in [-0.4, -0.2) is 16.8 Å². The van der Waals surface area contributed by atoms with Crippen molar-refractivity contribution in [2.45, 2.75) is 30.1 Å². The van der Waals surface area contributed by atoms with Crippen LogP contribution >= 0.6 is 15.9 Å². The van der Waals surface area contributed by atoms with E-state index in [0.717, 1.165) is 19.3 Å². The van der Waals surface area contributed by atoms with Crippen molar-refractivity contribution < 1.29 is 18.0 Å². The minimum atomic E-state index is -1.19. The number of benzene rings is 1. The normalized spacial score (nSPS) is 23.1. The van der Waals surface area contributed by atoms with Gasteiger partial charge in [-0.3, -0.25) is 4.79 Å². The minimum Gasteiger partial charge on any atom is -0.348 e. The lowest BCUT2D eigenvalue weighted by molar-refractivity contribution is 0.0930. The Hall–Kier alpha value is -1.04. The van der Waals surface area contributed by atoms with Crippen molar-refractivity contribution in [1.29, 1.82) is 0 Å². The van der Waals surface area contributed by atoms with E-state index in [1.165, 1.54) is 0 Å². The predicted octanol–water partition coefficient (Wildman–Crippen LogP) is 3.15. The number of hydrogen-bond donors (Lipinski definition) is 1. The summed E-state index contributed by atoms with van der Waals surface area (Å²) < 4.78 is 39.5. The van der Waals surface area contributed by atoms with Crippen LogP contribution in [0, 0.1) is 17.5 Å². The molecule has 0 heterocycles. The number of nitrogens with one attached hydrogen (secondary N) is 1. The zero-order valence-electron chi connectivity index (χ0n) is 9.35. The van der Waals surface area contributed by atoms with Crippen molar-refractivity contribution in [3.63, 3.8) is 0 Å². The van der Waals surface area contributed by atoms with E-state index >= 15 is 0 Å². The molecule has 1 fully saturated rings. The van der Waals surface area contributed by atoms with E-state index in [-0.39, 0.29) is 10.9 Å². The number of hydrogen-bond acceptors (Lipinski definition) is 1. The average Bonchev–Trinajstić information content (AvgIpc) is 2.62. The maximum absolute atomic E-state index is 13.4. The van der Waals surface area contributed by atoms with Gasteiger partial charge in [0.2, 0.25) is 0 Å². The molecule has 2 rings (SSSR count). The summed E-state index contributed by atoms with van der Waals surface area (Å²) in [5.41, 5.74) is -0.733. The number of carbonyl (C=O) groups is 1. The first kappa shape index (κ1) is 13.4. The number of carbonyl (C=O) groups excluding carboxylic acids is 1. The lowest BCUT2D eigenvalue weighted by Gasteiger charge is -2.16. The van der Waals surface area contributed by atoms with Crippen molar-refractivity contribution in [2.24, 2.45) is 0 Å². The van der Waals surface area contributed by atoms with E-state index in [0.29, 0.717) is 12.1 Å². The molecule has 2 unspecified atom stereocenters. The smallest absolute Gasteiger partial charge is 0.257 e. The zero-order valence-corrected chi connectivity index (χ0v) is 10.9. The summed E-state index contributed by atoms with van der Waals surface area (Å²) in [5, 5.41) is 2.56. The highest BCUT2D eigenvalue weighted by Crippen LogP contribution is 2.26. The van der Waals surface area contributed by atoms with Gasteiger partial charge in [-0.15, -0.1) is 0 Å². The van der Waals surface area contributed by atoms with E-state index in [1.54, 1.807) is 0 Å². The lowest BCUT2D eigenvalue weighted by Crippen LogP contribution is -2.38. The molecule has 0 radical (unpaired) electrons. The molecule has 0 aliphatic heterocycles. The molecule has 0 spiro atoms. The maximum Gasteiger partial charge on any atom is 0.257 e. The lowest BCUT2D eigenvalue weighted by atomic mass is 10.1. The summed E-state index contributed by atoms with van der Waals surface area (Å²) in [5.74, 6) is -4.26. The van der Waals surface area contributed by atoms with Gasteiger partial charge in [-0.25, -0.2) is 13.2 Å². The molecule has 1 saturated carbocycles. The molecule has 6 heteroatoms. The third-order valence-corrected chi connectivity index (χ3v) is 4.08. The Morgan fingerprint density at radius 3 is 2.33 bits per heavy atom. The Kier molecular flexibility index (Phi) is 3.94. The molecule has 1 aliphatic rings. The van der Waals surface area contributed by atoms with Gasteiger partial charge in [-0.05, 0) is 12.8 Å². The number of halogens is 4. The van der Waals surface area contributed by atoms with E-state index in [9.17, 15) is 18.0 Å².